The minimum atomic E-state index is -0.490. The number of rotatable bonds is 5. The molecule has 1 aliphatic rings. The Morgan fingerprint density at radius 1 is 1.27 bits per heavy atom. The molecule has 2 aromatic rings. The van der Waals surface area contributed by atoms with Crippen molar-refractivity contribution in [2.24, 2.45) is 0 Å². The first-order chi connectivity index (χ1) is 14.2. The summed E-state index contributed by atoms with van der Waals surface area (Å²) in [6.45, 7) is 4.13. The van der Waals surface area contributed by atoms with Crippen molar-refractivity contribution >= 4 is 40.5 Å². The van der Waals surface area contributed by atoms with Gasteiger partial charge in [-0.25, -0.2) is 0 Å². The second kappa shape index (κ2) is 8.93. The number of benzene rings is 2. The maximum atomic E-state index is 13.2. The number of phenols is 1. The zero-order chi connectivity index (χ0) is 22.0. The van der Waals surface area contributed by atoms with Gasteiger partial charge in [-0.1, -0.05) is 17.7 Å². The molecular weight excluding hydrogens is 422 g/mol. The molecule has 0 bridgehead atoms. The van der Waals surface area contributed by atoms with Crippen LogP contribution in [0.15, 0.2) is 53.7 Å². The first-order valence-corrected chi connectivity index (χ1v) is 10.3. The van der Waals surface area contributed by atoms with E-state index in [1.165, 1.54) is 4.90 Å². The normalized spacial score (nSPS) is 16.4. The topological polar surface area (TPSA) is 65.0 Å². The fraction of sp³-hybridized carbons (Fsp3) is 0.273. The molecule has 1 atom stereocenters. The van der Waals surface area contributed by atoms with Crippen LogP contribution in [0.25, 0.3) is 0 Å². The number of aromatic hydroxyl groups is 1. The van der Waals surface area contributed by atoms with E-state index >= 15 is 0 Å². The molecule has 0 radical (unpaired) electrons. The Morgan fingerprint density at radius 3 is 2.53 bits per heavy atom. The fourth-order valence-corrected chi connectivity index (χ4v) is 3.88. The van der Waals surface area contributed by atoms with E-state index in [0.717, 1.165) is 16.9 Å². The second-order valence-electron chi connectivity index (χ2n) is 7.05. The van der Waals surface area contributed by atoms with Crippen molar-refractivity contribution in [1.82, 2.24) is 10.2 Å². The summed E-state index contributed by atoms with van der Waals surface area (Å²) in [4.78, 5) is 16.5. The van der Waals surface area contributed by atoms with Gasteiger partial charge in [0.2, 0.25) is 0 Å². The van der Waals surface area contributed by atoms with Gasteiger partial charge < -0.3 is 20.1 Å². The van der Waals surface area contributed by atoms with Gasteiger partial charge in [-0.2, -0.15) is 0 Å². The number of allylic oxidation sites excluding steroid dienone is 1. The molecule has 1 aliphatic heterocycles. The average Bonchev–Trinajstić information content (AvgIpc) is 2.70. The van der Waals surface area contributed by atoms with Crippen LogP contribution in [0.3, 0.4) is 0 Å². The van der Waals surface area contributed by atoms with Crippen molar-refractivity contribution in [1.29, 1.82) is 0 Å². The standard InChI is InChI=1S/C22H24ClN3O3S/c1-5-29-18-12-14(6-11-17(18)27)20-19(21(28)25(3)4)13(2)26(22(30)24-20)16-9-7-15(23)8-10-16/h6-12,20,27H,5H2,1-4H3,(H,24,30). The number of phenolic OH excluding ortho intramolecular Hbond substituents is 1. The largest absolute Gasteiger partial charge is 0.504 e. The third-order valence-corrected chi connectivity index (χ3v) is 5.38. The Hall–Kier alpha value is -2.77. The van der Waals surface area contributed by atoms with E-state index in [1.807, 2.05) is 30.9 Å². The van der Waals surface area contributed by atoms with Crippen molar-refractivity contribution in [3.05, 3.63) is 64.3 Å². The Labute approximate surface area is 186 Å². The summed E-state index contributed by atoms with van der Waals surface area (Å²) < 4.78 is 5.52. The Balaban J connectivity index is 2.14. The molecule has 2 aromatic carbocycles. The molecule has 30 heavy (non-hydrogen) atoms. The zero-order valence-corrected chi connectivity index (χ0v) is 18.8. The van der Waals surface area contributed by atoms with Crippen molar-refractivity contribution in [2.45, 2.75) is 19.9 Å². The SMILES string of the molecule is CCOc1cc(C2NC(=S)N(c3ccc(Cl)cc3)C(C)=C2C(=O)N(C)C)ccc1O. The Morgan fingerprint density at radius 2 is 1.93 bits per heavy atom. The van der Waals surface area contributed by atoms with E-state index in [-0.39, 0.29) is 11.7 Å². The van der Waals surface area contributed by atoms with Gasteiger partial charge >= 0.3 is 0 Å². The molecule has 0 aliphatic carbocycles. The minimum absolute atomic E-state index is 0.0444. The van der Waals surface area contributed by atoms with Crippen LogP contribution in [-0.4, -0.2) is 41.7 Å². The van der Waals surface area contributed by atoms with Crippen LogP contribution in [0, 0.1) is 0 Å². The molecule has 158 valence electrons. The number of hydrogen-bond acceptors (Lipinski definition) is 4. The molecule has 3 rings (SSSR count). The molecule has 1 heterocycles. The molecule has 6 nitrogen and oxygen atoms in total. The summed E-state index contributed by atoms with van der Waals surface area (Å²) in [5, 5.41) is 14.4. The summed E-state index contributed by atoms with van der Waals surface area (Å²) in [7, 11) is 3.42. The third kappa shape index (κ3) is 4.22. The van der Waals surface area contributed by atoms with Gasteiger partial charge in [0.25, 0.3) is 5.91 Å². The van der Waals surface area contributed by atoms with Gasteiger partial charge in [0.05, 0.1) is 18.2 Å². The predicted molar refractivity (Wildman–Crippen MR) is 123 cm³/mol. The van der Waals surface area contributed by atoms with Gasteiger partial charge in [-0.05, 0) is 68.0 Å². The van der Waals surface area contributed by atoms with Crippen molar-refractivity contribution in [3.8, 4) is 11.5 Å². The van der Waals surface area contributed by atoms with Gasteiger partial charge in [-0.3, -0.25) is 9.69 Å². The van der Waals surface area contributed by atoms with Crippen LogP contribution >= 0.6 is 23.8 Å². The second-order valence-corrected chi connectivity index (χ2v) is 7.88. The molecule has 0 spiro atoms. The Kier molecular flexibility index (Phi) is 6.53. The number of ether oxygens (including phenoxy) is 1. The number of likely N-dealkylation sites (N-methyl/N-ethyl adjacent to an activating group) is 1. The zero-order valence-electron chi connectivity index (χ0n) is 17.3. The highest BCUT2D eigenvalue weighted by Crippen LogP contribution is 2.37. The van der Waals surface area contributed by atoms with Crippen molar-refractivity contribution in [2.75, 3.05) is 25.6 Å². The maximum Gasteiger partial charge on any atom is 0.253 e. The van der Waals surface area contributed by atoms with E-state index in [2.05, 4.69) is 5.32 Å². The minimum Gasteiger partial charge on any atom is -0.504 e. The molecule has 1 unspecified atom stereocenters. The molecular formula is C22H24ClN3O3S. The molecule has 0 saturated heterocycles. The van der Waals surface area contributed by atoms with E-state index in [9.17, 15) is 9.90 Å². The van der Waals surface area contributed by atoms with Gasteiger partial charge in [0.1, 0.15) is 0 Å². The lowest BCUT2D eigenvalue weighted by Gasteiger charge is -2.38. The summed E-state index contributed by atoms with van der Waals surface area (Å²) in [6.07, 6.45) is 0. The van der Waals surface area contributed by atoms with Crippen LogP contribution in [0.2, 0.25) is 5.02 Å². The van der Waals surface area contributed by atoms with Gasteiger partial charge in [0, 0.05) is 30.5 Å². The molecule has 8 heteroatoms. The summed E-state index contributed by atoms with van der Waals surface area (Å²) >= 11 is 11.7. The van der Waals surface area contributed by atoms with Crippen molar-refractivity contribution < 1.29 is 14.6 Å². The molecule has 0 saturated carbocycles. The molecule has 0 aromatic heterocycles. The van der Waals surface area contributed by atoms with Gasteiger partial charge in [0.15, 0.2) is 16.6 Å². The lowest BCUT2D eigenvalue weighted by molar-refractivity contribution is -0.125. The number of carbonyl (C=O) groups excluding carboxylic acids is 1. The number of thiocarbonyl (C=S) groups is 1. The fourth-order valence-electron chi connectivity index (χ4n) is 3.39. The van der Waals surface area contributed by atoms with E-state index in [4.69, 9.17) is 28.6 Å². The highest BCUT2D eigenvalue weighted by atomic mass is 35.5. The average molecular weight is 446 g/mol. The van der Waals surface area contributed by atoms with Crippen LogP contribution in [0.1, 0.15) is 25.5 Å². The van der Waals surface area contributed by atoms with Gasteiger partial charge in [-0.15, -0.1) is 0 Å². The van der Waals surface area contributed by atoms with E-state index < -0.39 is 6.04 Å². The summed E-state index contributed by atoms with van der Waals surface area (Å²) in [5.41, 5.74) is 2.84. The van der Waals surface area contributed by atoms with Crippen molar-refractivity contribution in [3.63, 3.8) is 0 Å². The predicted octanol–water partition coefficient (Wildman–Crippen LogP) is 4.24. The van der Waals surface area contributed by atoms with E-state index in [1.54, 1.807) is 44.4 Å². The number of carbonyl (C=O) groups is 1. The summed E-state index contributed by atoms with van der Waals surface area (Å²) in [6, 6.07) is 11.8. The van der Waals surface area contributed by atoms with Crippen LogP contribution < -0.4 is 15.0 Å². The first kappa shape index (κ1) is 21.9. The van der Waals surface area contributed by atoms with Crippen LogP contribution in [0.5, 0.6) is 11.5 Å². The number of hydrogen-bond donors (Lipinski definition) is 2. The van der Waals surface area contributed by atoms with Crippen LogP contribution in [0.4, 0.5) is 5.69 Å². The third-order valence-electron chi connectivity index (χ3n) is 4.82. The van der Waals surface area contributed by atoms with E-state index in [0.29, 0.717) is 28.1 Å². The monoisotopic (exact) mass is 445 g/mol. The first-order valence-electron chi connectivity index (χ1n) is 9.49. The molecule has 2 N–H and O–H groups in total. The number of anilines is 1. The molecule has 0 fully saturated rings. The number of nitrogens with one attached hydrogen (secondary N) is 1. The van der Waals surface area contributed by atoms with Crippen LogP contribution in [-0.2, 0) is 4.79 Å². The number of nitrogens with zero attached hydrogens (tertiary/aromatic N) is 2. The quantitative estimate of drug-likeness (QED) is 0.671. The smallest absolute Gasteiger partial charge is 0.253 e. The lowest BCUT2D eigenvalue weighted by atomic mass is 9.93. The Bertz CT molecular complexity index is 1010. The lowest BCUT2D eigenvalue weighted by Crippen LogP contribution is -2.49. The molecule has 1 amide bonds. The maximum absolute atomic E-state index is 13.2. The highest BCUT2D eigenvalue weighted by Gasteiger charge is 2.35. The highest BCUT2D eigenvalue weighted by molar-refractivity contribution is 7.80. The summed E-state index contributed by atoms with van der Waals surface area (Å²) in [5.74, 6) is 0.262. The number of halogens is 1. The number of amides is 1.